The van der Waals surface area contributed by atoms with E-state index in [0.717, 1.165) is 0 Å². The molecule has 0 saturated heterocycles. The Morgan fingerprint density at radius 3 is 2.65 bits per heavy atom. The van der Waals surface area contributed by atoms with E-state index in [0.29, 0.717) is 18.4 Å². The summed E-state index contributed by atoms with van der Waals surface area (Å²) < 4.78 is 58.1. The SMILES string of the molecule is COc1ccc(CCC(=O)NCCCOCC(F)(F)F)cc1F. The second-order valence-electron chi connectivity index (χ2n) is 4.84. The van der Waals surface area contributed by atoms with Gasteiger partial charge in [0.1, 0.15) is 6.61 Å². The summed E-state index contributed by atoms with van der Waals surface area (Å²) in [6.07, 6.45) is -3.53. The number of carbonyl (C=O) groups is 1. The van der Waals surface area contributed by atoms with Gasteiger partial charge in [-0.1, -0.05) is 6.07 Å². The fourth-order valence-electron chi connectivity index (χ4n) is 1.80. The zero-order chi connectivity index (χ0) is 17.3. The van der Waals surface area contributed by atoms with E-state index < -0.39 is 18.6 Å². The number of halogens is 4. The molecule has 0 saturated carbocycles. The molecule has 0 atom stereocenters. The van der Waals surface area contributed by atoms with E-state index in [1.807, 2.05) is 0 Å². The summed E-state index contributed by atoms with van der Waals surface area (Å²) in [6.45, 7) is -1.14. The molecule has 23 heavy (non-hydrogen) atoms. The highest BCUT2D eigenvalue weighted by Crippen LogP contribution is 2.18. The summed E-state index contributed by atoms with van der Waals surface area (Å²) in [5, 5.41) is 2.57. The van der Waals surface area contributed by atoms with Crippen molar-refractivity contribution in [1.29, 1.82) is 0 Å². The third kappa shape index (κ3) is 8.39. The normalized spacial score (nSPS) is 11.3. The third-order valence-corrected chi connectivity index (χ3v) is 2.91. The minimum Gasteiger partial charge on any atom is -0.494 e. The summed E-state index contributed by atoms with van der Waals surface area (Å²) in [4.78, 5) is 11.6. The lowest BCUT2D eigenvalue weighted by Crippen LogP contribution is -2.26. The van der Waals surface area contributed by atoms with Gasteiger partial charge in [-0.25, -0.2) is 4.39 Å². The highest BCUT2D eigenvalue weighted by Gasteiger charge is 2.27. The molecule has 130 valence electrons. The number of alkyl halides is 3. The molecule has 0 heterocycles. The van der Waals surface area contributed by atoms with Crippen LogP contribution < -0.4 is 10.1 Å². The number of benzene rings is 1. The fourth-order valence-corrected chi connectivity index (χ4v) is 1.80. The lowest BCUT2D eigenvalue weighted by Gasteiger charge is -2.08. The van der Waals surface area contributed by atoms with Crippen LogP contribution in [0.5, 0.6) is 5.75 Å². The van der Waals surface area contributed by atoms with Crippen molar-refractivity contribution in [3.63, 3.8) is 0 Å². The minimum absolute atomic E-state index is 0.0799. The number of amides is 1. The van der Waals surface area contributed by atoms with Crippen molar-refractivity contribution >= 4 is 5.91 Å². The van der Waals surface area contributed by atoms with Gasteiger partial charge < -0.3 is 14.8 Å². The van der Waals surface area contributed by atoms with Gasteiger partial charge in [0.15, 0.2) is 11.6 Å². The molecule has 1 rings (SSSR count). The van der Waals surface area contributed by atoms with Crippen LogP contribution in [0, 0.1) is 5.82 Å². The van der Waals surface area contributed by atoms with Crippen LogP contribution in [0.2, 0.25) is 0 Å². The molecule has 0 spiro atoms. The Kier molecular flexibility index (Phi) is 7.80. The van der Waals surface area contributed by atoms with E-state index in [1.165, 1.54) is 19.2 Å². The Morgan fingerprint density at radius 1 is 1.30 bits per heavy atom. The molecule has 1 aromatic carbocycles. The molecule has 4 nitrogen and oxygen atoms in total. The third-order valence-electron chi connectivity index (χ3n) is 2.91. The van der Waals surface area contributed by atoms with Crippen molar-refractivity contribution in [2.45, 2.75) is 25.4 Å². The number of hydrogen-bond acceptors (Lipinski definition) is 3. The first-order valence-electron chi connectivity index (χ1n) is 7.05. The van der Waals surface area contributed by atoms with Gasteiger partial charge in [-0.2, -0.15) is 13.2 Å². The van der Waals surface area contributed by atoms with Gasteiger partial charge in [0.05, 0.1) is 7.11 Å². The zero-order valence-corrected chi connectivity index (χ0v) is 12.7. The first-order valence-corrected chi connectivity index (χ1v) is 7.05. The molecule has 1 aromatic rings. The smallest absolute Gasteiger partial charge is 0.411 e. The number of aryl methyl sites for hydroxylation is 1. The van der Waals surface area contributed by atoms with Gasteiger partial charge in [-0.05, 0) is 30.5 Å². The highest BCUT2D eigenvalue weighted by molar-refractivity contribution is 5.76. The quantitative estimate of drug-likeness (QED) is 0.557. The van der Waals surface area contributed by atoms with Crippen molar-refractivity contribution in [3.05, 3.63) is 29.6 Å². The lowest BCUT2D eigenvalue weighted by atomic mass is 10.1. The second-order valence-corrected chi connectivity index (χ2v) is 4.84. The van der Waals surface area contributed by atoms with Gasteiger partial charge >= 0.3 is 6.18 Å². The first kappa shape index (κ1) is 19.2. The van der Waals surface area contributed by atoms with Crippen molar-refractivity contribution in [1.82, 2.24) is 5.32 Å². The number of ether oxygens (including phenoxy) is 2. The largest absolute Gasteiger partial charge is 0.494 e. The summed E-state index contributed by atoms with van der Waals surface area (Å²) >= 11 is 0. The predicted octanol–water partition coefficient (Wildman–Crippen LogP) is 2.85. The van der Waals surface area contributed by atoms with Gasteiger partial charge in [-0.3, -0.25) is 4.79 Å². The first-order chi connectivity index (χ1) is 10.8. The average Bonchev–Trinajstić information content (AvgIpc) is 2.47. The van der Waals surface area contributed by atoms with E-state index in [2.05, 4.69) is 10.1 Å². The Balaban J connectivity index is 2.16. The number of rotatable bonds is 9. The Bertz CT molecular complexity index is 506. The maximum absolute atomic E-state index is 13.5. The highest BCUT2D eigenvalue weighted by atomic mass is 19.4. The summed E-state index contributed by atoms with van der Waals surface area (Å²) in [7, 11) is 1.37. The second kappa shape index (κ2) is 9.34. The van der Waals surface area contributed by atoms with Crippen LogP contribution in [-0.4, -0.2) is 39.0 Å². The minimum atomic E-state index is -4.34. The van der Waals surface area contributed by atoms with Crippen LogP contribution in [0.4, 0.5) is 17.6 Å². The van der Waals surface area contributed by atoms with Gasteiger partial charge in [0.2, 0.25) is 5.91 Å². The molecule has 0 bridgehead atoms. The van der Waals surface area contributed by atoms with Crippen molar-refractivity contribution in [2.75, 3.05) is 26.9 Å². The fraction of sp³-hybridized carbons (Fsp3) is 0.533. The van der Waals surface area contributed by atoms with Crippen molar-refractivity contribution in [2.24, 2.45) is 0 Å². The molecule has 8 heteroatoms. The van der Waals surface area contributed by atoms with Crippen LogP contribution in [-0.2, 0) is 16.0 Å². The van der Waals surface area contributed by atoms with Gasteiger partial charge in [-0.15, -0.1) is 0 Å². The topological polar surface area (TPSA) is 47.6 Å². The summed E-state index contributed by atoms with van der Waals surface area (Å²) in [6, 6.07) is 4.46. The van der Waals surface area contributed by atoms with Crippen LogP contribution in [0.15, 0.2) is 18.2 Å². The van der Waals surface area contributed by atoms with Crippen LogP contribution >= 0.6 is 0 Å². The molecule has 1 amide bonds. The summed E-state index contributed by atoms with van der Waals surface area (Å²) in [5.41, 5.74) is 0.659. The molecule has 0 aromatic heterocycles. The van der Waals surface area contributed by atoms with E-state index in [9.17, 15) is 22.4 Å². The maximum atomic E-state index is 13.5. The number of carbonyl (C=O) groups excluding carboxylic acids is 1. The van der Waals surface area contributed by atoms with Crippen LogP contribution in [0.25, 0.3) is 0 Å². The molecule has 0 fully saturated rings. The Labute approximate surface area is 131 Å². The zero-order valence-electron chi connectivity index (χ0n) is 12.7. The Hall–Kier alpha value is -1.83. The molecular formula is C15H19F4NO3. The molecule has 0 aliphatic rings. The van der Waals surface area contributed by atoms with Gasteiger partial charge in [0.25, 0.3) is 0 Å². The maximum Gasteiger partial charge on any atom is 0.411 e. The van der Waals surface area contributed by atoms with Gasteiger partial charge in [0, 0.05) is 19.6 Å². The van der Waals surface area contributed by atoms with Crippen LogP contribution in [0.3, 0.4) is 0 Å². The van der Waals surface area contributed by atoms with E-state index in [1.54, 1.807) is 6.07 Å². The number of hydrogen-bond donors (Lipinski definition) is 1. The Morgan fingerprint density at radius 2 is 2.04 bits per heavy atom. The van der Waals surface area contributed by atoms with E-state index in [-0.39, 0.29) is 31.2 Å². The standard InChI is InChI=1S/C15H19F4NO3/c1-22-13-5-3-11(9-12(13)16)4-6-14(21)20-7-2-8-23-10-15(17,18)19/h3,5,9H,2,4,6-8,10H2,1H3,(H,20,21). The lowest BCUT2D eigenvalue weighted by molar-refractivity contribution is -0.174. The molecule has 0 unspecified atom stereocenters. The predicted molar refractivity (Wildman–Crippen MR) is 75.8 cm³/mol. The van der Waals surface area contributed by atoms with E-state index in [4.69, 9.17) is 4.74 Å². The van der Waals surface area contributed by atoms with E-state index >= 15 is 0 Å². The van der Waals surface area contributed by atoms with Crippen molar-refractivity contribution in [3.8, 4) is 5.75 Å². The number of methoxy groups -OCH3 is 1. The molecule has 0 aliphatic heterocycles. The summed E-state index contributed by atoms with van der Waals surface area (Å²) in [5.74, 6) is -0.610. The molecule has 0 aliphatic carbocycles. The van der Waals surface area contributed by atoms with Crippen LogP contribution in [0.1, 0.15) is 18.4 Å². The van der Waals surface area contributed by atoms with Crippen molar-refractivity contribution < 1.29 is 31.8 Å². The average molecular weight is 337 g/mol. The monoisotopic (exact) mass is 337 g/mol. The molecule has 0 radical (unpaired) electrons. The number of nitrogens with one attached hydrogen (secondary N) is 1. The molecule has 1 N–H and O–H groups in total. The molecular weight excluding hydrogens is 318 g/mol.